The Morgan fingerprint density at radius 3 is 2.50 bits per heavy atom. The average Bonchev–Trinajstić information content (AvgIpc) is 2.84. The maximum absolute atomic E-state index is 5.89. The molecule has 114 valence electrons. The summed E-state index contributed by atoms with van der Waals surface area (Å²) in [5.74, 6) is 0.810. The first-order valence-corrected chi connectivity index (χ1v) is 7.70. The fourth-order valence-electron chi connectivity index (χ4n) is 2.72. The van der Waals surface area contributed by atoms with Crippen molar-refractivity contribution in [2.75, 3.05) is 5.73 Å². The number of ether oxygens (including phenoxy) is 1. The Bertz CT molecular complexity index is 791. The molecule has 4 heteroatoms. The first-order chi connectivity index (χ1) is 10.5. The predicted molar refractivity (Wildman–Crippen MR) is 92.5 cm³/mol. The fourth-order valence-corrected chi connectivity index (χ4v) is 2.85. The number of benzene rings is 2. The van der Waals surface area contributed by atoms with E-state index in [0.717, 1.165) is 22.5 Å². The molecular formula is C18H19ClN2O. The summed E-state index contributed by atoms with van der Waals surface area (Å²) in [5.41, 5.74) is 8.97. The van der Waals surface area contributed by atoms with Crippen molar-refractivity contribution in [3.8, 4) is 5.75 Å². The van der Waals surface area contributed by atoms with Crippen LogP contribution in [0.15, 0.2) is 48.5 Å². The van der Waals surface area contributed by atoms with Crippen LogP contribution in [0.3, 0.4) is 0 Å². The Morgan fingerprint density at radius 2 is 1.82 bits per heavy atom. The van der Waals surface area contributed by atoms with Gasteiger partial charge in [-0.1, -0.05) is 11.6 Å². The second kappa shape index (κ2) is 5.93. The van der Waals surface area contributed by atoms with Gasteiger partial charge < -0.3 is 15.0 Å². The van der Waals surface area contributed by atoms with Crippen LogP contribution in [0.4, 0.5) is 5.69 Å². The number of nitrogens with zero attached hydrogens (tertiary/aromatic N) is 1. The number of anilines is 1. The van der Waals surface area contributed by atoms with E-state index in [1.165, 1.54) is 5.52 Å². The molecule has 3 aromatic rings. The van der Waals surface area contributed by atoms with Gasteiger partial charge in [0.1, 0.15) is 12.4 Å². The molecule has 0 amide bonds. The molecule has 1 aromatic heterocycles. The molecule has 0 saturated carbocycles. The molecule has 0 atom stereocenters. The van der Waals surface area contributed by atoms with Crippen molar-refractivity contribution in [3.63, 3.8) is 0 Å². The normalized spacial score (nSPS) is 11.3. The van der Waals surface area contributed by atoms with Crippen LogP contribution in [0.2, 0.25) is 5.02 Å². The number of nitrogen functional groups attached to an aromatic ring is 1. The number of fused-ring (bicyclic) bond motifs is 1. The van der Waals surface area contributed by atoms with Gasteiger partial charge in [0.2, 0.25) is 0 Å². The summed E-state index contributed by atoms with van der Waals surface area (Å²) in [4.78, 5) is 0. The first-order valence-electron chi connectivity index (χ1n) is 7.32. The molecule has 0 aliphatic heterocycles. The zero-order valence-corrected chi connectivity index (χ0v) is 13.5. The lowest BCUT2D eigenvalue weighted by atomic mass is 10.2. The van der Waals surface area contributed by atoms with Gasteiger partial charge >= 0.3 is 0 Å². The Balaban J connectivity index is 1.92. The van der Waals surface area contributed by atoms with Crippen LogP contribution >= 0.6 is 11.6 Å². The monoisotopic (exact) mass is 314 g/mol. The van der Waals surface area contributed by atoms with Gasteiger partial charge in [-0.05, 0) is 62.4 Å². The van der Waals surface area contributed by atoms with E-state index >= 15 is 0 Å². The summed E-state index contributed by atoms with van der Waals surface area (Å²) >= 11 is 5.89. The lowest BCUT2D eigenvalue weighted by Crippen LogP contribution is -2.08. The molecule has 0 aliphatic carbocycles. The van der Waals surface area contributed by atoms with Gasteiger partial charge in [0.15, 0.2) is 0 Å². The lowest BCUT2D eigenvalue weighted by Gasteiger charge is -2.15. The molecule has 0 saturated heterocycles. The van der Waals surface area contributed by atoms with E-state index in [0.29, 0.717) is 17.7 Å². The highest BCUT2D eigenvalue weighted by Gasteiger charge is 2.12. The molecule has 0 aliphatic rings. The van der Waals surface area contributed by atoms with Gasteiger partial charge in [0.05, 0.1) is 5.69 Å². The predicted octanol–water partition coefficient (Wildman–Crippen LogP) is 5.04. The Hall–Kier alpha value is -2.13. The maximum Gasteiger partial charge on any atom is 0.128 e. The van der Waals surface area contributed by atoms with E-state index in [4.69, 9.17) is 22.1 Å². The number of nitrogens with two attached hydrogens (primary N) is 1. The van der Waals surface area contributed by atoms with Crippen LogP contribution in [0, 0.1) is 0 Å². The molecule has 0 unspecified atom stereocenters. The third-order valence-electron chi connectivity index (χ3n) is 3.66. The third-order valence-corrected chi connectivity index (χ3v) is 3.91. The van der Waals surface area contributed by atoms with Crippen molar-refractivity contribution in [1.82, 2.24) is 4.57 Å². The molecular weight excluding hydrogens is 296 g/mol. The third kappa shape index (κ3) is 2.90. The van der Waals surface area contributed by atoms with E-state index < -0.39 is 0 Å². The van der Waals surface area contributed by atoms with Gasteiger partial charge in [-0.2, -0.15) is 0 Å². The molecule has 3 nitrogen and oxygen atoms in total. The highest BCUT2D eigenvalue weighted by Crippen LogP contribution is 2.27. The Kier molecular flexibility index (Phi) is 3.99. The van der Waals surface area contributed by atoms with E-state index in [-0.39, 0.29) is 0 Å². The summed E-state index contributed by atoms with van der Waals surface area (Å²) in [6.07, 6.45) is 0. The summed E-state index contributed by atoms with van der Waals surface area (Å²) in [7, 11) is 0. The second-order valence-corrected chi connectivity index (χ2v) is 6.10. The molecule has 0 bridgehead atoms. The standard InChI is InChI=1S/C18H19ClN2O/c1-12(2)21-16(10-13-9-15(20)5-8-18(13)21)11-22-17-6-3-14(19)4-7-17/h3-10,12H,11,20H2,1-2H3. The van der Waals surface area contributed by atoms with Crippen molar-refractivity contribution < 1.29 is 4.74 Å². The van der Waals surface area contributed by atoms with Crippen LogP contribution in [0.1, 0.15) is 25.6 Å². The number of halogens is 1. The van der Waals surface area contributed by atoms with Crippen molar-refractivity contribution in [3.05, 3.63) is 59.2 Å². The number of aromatic nitrogens is 1. The molecule has 3 rings (SSSR count). The Morgan fingerprint density at radius 1 is 1.09 bits per heavy atom. The number of rotatable bonds is 4. The SMILES string of the molecule is CC(C)n1c(COc2ccc(Cl)cc2)cc2cc(N)ccc21. The van der Waals surface area contributed by atoms with Crippen LogP contribution in [-0.2, 0) is 6.61 Å². The zero-order chi connectivity index (χ0) is 15.7. The van der Waals surface area contributed by atoms with E-state index in [1.54, 1.807) is 0 Å². The zero-order valence-electron chi connectivity index (χ0n) is 12.7. The van der Waals surface area contributed by atoms with E-state index in [1.807, 2.05) is 36.4 Å². The largest absolute Gasteiger partial charge is 0.487 e. The molecule has 2 aromatic carbocycles. The Labute approximate surface area is 135 Å². The highest BCUT2D eigenvalue weighted by molar-refractivity contribution is 6.30. The molecule has 22 heavy (non-hydrogen) atoms. The van der Waals surface area contributed by atoms with Crippen molar-refractivity contribution >= 4 is 28.2 Å². The second-order valence-electron chi connectivity index (χ2n) is 5.66. The van der Waals surface area contributed by atoms with E-state index in [2.05, 4.69) is 30.5 Å². The summed E-state index contributed by atoms with van der Waals surface area (Å²) in [5, 5.41) is 1.85. The summed E-state index contributed by atoms with van der Waals surface area (Å²) < 4.78 is 8.17. The van der Waals surface area contributed by atoms with Crippen LogP contribution in [0.5, 0.6) is 5.75 Å². The molecule has 2 N–H and O–H groups in total. The fraction of sp³-hybridized carbons (Fsp3) is 0.222. The van der Waals surface area contributed by atoms with Gasteiger partial charge in [0.25, 0.3) is 0 Å². The van der Waals surface area contributed by atoms with Gasteiger partial charge in [0, 0.05) is 27.7 Å². The van der Waals surface area contributed by atoms with Crippen molar-refractivity contribution in [1.29, 1.82) is 0 Å². The number of hydrogen-bond donors (Lipinski definition) is 1. The van der Waals surface area contributed by atoms with Crippen LogP contribution < -0.4 is 10.5 Å². The lowest BCUT2D eigenvalue weighted by molar-refractivity contribution is 0.293. The van der Waals surface area contributed by atoms with Crippen LogP contribution in [-0.4, -0.2) is 4.57 Å². The highest BCUT2D eigenvalue weighted by atomic mass is 35.5. The van der Waals surface area contributed by atoms with Gasteiger partial charge in [-0.3, -0.25) is 0 Å². The number of hydrogen-bond acceptors (Lipinski definition) is 2. The first kappa shape index (κ1) is 14.8. The quantitative estimate of drug-likeness (QED) is 0.685. The molecule has 0 spiro atoms. The summed E-state index contributed by atoms with van der Waals surface area (Å²) in [6, 6.07) is 15.9. The summed E-state index contributed by atoms with van der Waals surface area (Å²) in [6.45, 7) is 4.84. The van der Waals surface area contributed by atoms with Gasteiger partial charge in [-0.25, -0.2) is 0 Å². The minimum absolute atomic E-state index is 0.352. The molecule has 0 fully saturated rings. The molecule has 0 radical (unpaired) electrons. The minimum Gasteiger partial charge on any atom is -0.487 e. The molecule has 1 heterocycles. The minimum atomic E-state index is 0.352. The van der Waals surface area contributed by atoms with E-state index in [9.17, 15) is 0 Å². The smallest absolute Gasteiger partial charge is 0.128 e. The van der Waals surface area contributed by atoms with Crippen LogP contribution in [0.25, 0.3) is 10.9 Å². The van der Waals surface area contributed by atoms with Crippen molar-refractivity contribution in [2.24, 2.45) is 0 Å². The maximum atomic E-state index is 5.89. The van der Waals surface area contributed by atoms with Crippen molar-refractivity contribution in [2.45, 2.75) is 26.5 Å². The van der Waals surface area contributed by atoms with Gasteiger partial charge in [-0.15, -0.1) is 0 Å². The topological polar surface area (TPSA) is 40.2 Å². The average molecular weight is 315 g/mol.